The predicted octanol–water partition coefficient (Wildman–Crippen LogP) is 6.10. The number of nitrogens with zero attached hydrogens (tertiary/aromatic N) is 2. The monoisotopic (exact) mass is 531 g/mol. The van der Waals surface area contributed by atoms with Crippen molar-refractivity contribution in [3.63, 3.8) is 0 Å². The van der Waals surface area contributed by atoms with Gasteiger partial charge in [-0.05, 0) is 54.8 Å². The Bertz CT molecular complexity index is 1110. The molecule has 0 bridgehead atoms. The van der Waals surface area contributed by atoms with E-state index in [0.717, 1.165) is 17.2 Å². The summed E-state index contributed by atoms with van der Waals surface area (Å²) in [5.74, 6) is -0.340. The van der Waals surface area contributed by atoms with E-state index in [4.69, 9.17) is 28.0 Å². The summed E-state index contributed by atoms with van der Waals surface area (Å²) in [5, 5.41) is 17.6. The number of likely N-dealkylation sites (N-methyl/N-ethyl adjacent to an activating group) is 1. The van der Waals surface area contributed by atoms with E-state index in [2.05, 4.69) is 10.5 Å². The Labute approximate surface area is 211 Å². The minimum absolute atomic E-state index is 0.0491. The van der Waals surface area contributed by atoms with E-state index in [0.29, 0.717) is 29.7 Å². The molecular weight excluding hydrogens is 506 g/mol. The summed E-state index contributed by atoms with van der Waals surface area (Å²) in [6.45, 7) is 6.07. The molecule has 0 fully saturated rings. The van der Waals surface area contributed by atoms with Gasteiger partial charge < -0.3 is 15.4 Å². The van der Waals surface area contributed by atoms with Crippen molar-refractivity contribution in [1.29, 1.82) is 0 Å². The normalized spacial score (nSPS) is 18.9. The SMILES string of the molecule is CCC(CN(O)CC)NC(=O)c1ccc(C2=NOC(c3cc(Cl)cc(Cl)c3)(C(F)(F)F)C2)cc1C. The molecule has 0 saturated carbocycles. The third-order valence-corrected chi connectivity index (χ3v) is 6.38. The van der Waals surface area contributed by atoms with Crippen LogP contribution in [0.25, 0.3) is 0 Å². The summed E-state index contributed by atoms with van der Waals surface area (Å²) < 4.78 is 42.6. The molecule has 0 aromatic heterocycles. The van der Waals surface area contributed by atoms with Gasteiger partial charge in [-0.15, -0.1) is 0 Å². The van der Waals surface area contributed by atoms with Crippen molar-refractivity contribution in [2.45, 2.75) is 51.4 Å². The summed E-state index contributed by atoms with van der Waals surface area (Å²) in [6, 6.07) is 8.06. The van der Waals surface area contributed by atoms with Crippen molar-refractivity contribution < 1.29 is 28.0 Å². The van der Waals surface area contributed by atoms with Gasteiger partial charge in [-0.25, -0.2) is 0 Å². The average Bonchev–Trinajstić information content (AvgIpc) is 3.24. The molecule has 0 radical (unpaired) electrons. The number of nitrogens with one attached hydrogen (secondary N) is 1. The van der Waals surface area contributed by atoms with Gasteiger partial charge in [0.15, 0.2) is 0 Å². The fourth-order valence-corrected chi connectivity index (χ4v) is 4.39. The number of halogens is 5. The highest BCUT2D eigenvalue weighted by atomic mass is 35.5. The summed E-state index contributed by atoms with van der Waals surface area (Å²) in [5.41, 5.74) is -1.56. The van der Waals surface area contributed by atoms with Crippen LogP contribution in [-0.2, 0) is 10.4 Å². The Kier molecular flexibility index (Phi) is 8.36. The first-order chi connectivity index (χ1) is 16.4. The minimum Gasteiger partial charge on any atom is -0.374 e. The number of aryl methyl sites for hydroxylation is 1. The Hall–Kier alpha value is -2.33. The molecule has 6 nitrogen and oxygen atoms in total. The van der Waals surface area contributed by atoms with Gasteiger partial charge in [-0.2, -0.15) is 18.2 Å². The zero-order chi connectivity index (χ0) is 26.0. The molecule has 0 spiro atoms. The van der Waals surface area contributed by atoms with Gasteiger partial charge in [0, 0.05) is 46.7 Å². The third-order valence-electron chi connectivity index (χ3n) is 5.94. The van der Waals surface area contributed by atoms with Crippen molar-refractivity contribution in [3.05, 3.63) is 68.7 Å². The number of hydrogen-bond donors (Lipinski definition) is 2. The number of amides is 1. The van der Waals surface area contributed by atoms with Gasteiger partial charge in [-0.1, -0.05) is 48.3 Å². The number of rotatable bonds is 8. The molecule has 2 N–H and O–H groups in total. The number of carbonyl (C=O) groups is 1. The minimum atomic E-state index is -4.80. The lowest BCUT2D eigenvalue weighted by Crippen LogP contribution is -2.43. The summed E-state index contributed by atoms with van der Waals surface area (Å²) >= 11 is 11.9. The second-order valence-corrected chi connectivity index (χ2v) is 9.28. The van der Waals surface area contributed by atoms with Crippen LogP contribution in [-0.4, -0.2) is 47.2 Å². The number of alkyl halides is 3. The summed E-state index contributed by atoms with van der Waals surface area (Å²) in [7, 11) is 0. The Morgan fingerprint density at radius 1 is 1.23 bits per heavy atom. The molecular formula is C24H26Cl2F3N3O3. The van der Waals surface area contributed by atoms with Crippen LogP contribution in [0.3, 0.4) is 0 Å². The quantitative estimate of drug-likeness (QED) is 0.403. The Balaban J connectivity index is 1.84. The molecule has 1 aliphatic heterocycles. The largest absolute Gasteiger partial charge is 0.435 e. The Morgan fingerprint density at radius 3 is 2.43 bits per heavy atom. The van der Waals surface area contributed by atoms with Gasteiger partial charge in [0.25, 0.3) is 11.5 Å². The van der Waals surface area contributed by atoms with Gasteiger partial charge in [0.2, 0.25) is 0 Å². The van der Waals surface area contributed by atoms with E-state index in [1.54, 1.807) is 19.9 Å². The number of hydroxylamine groups is 2. The molecule has 1 aliphatic rings. The van der Waals surface area contributed by atoms with E-state index in [-0.39, 0.29) is 39.8 Å². The average molecular weight is 532 g/mol. The maximum absolute atomic E-state index is 14.2. The first-order valence-corrected chi connectivity index (χ1v) is 11.8. The first-order valence-electron chi connectivity index (χ1n) is 11.0. The number of oxime groups is 1. The van der Waals surface area contributed by atoms with Crippen molar-refractivity contribution in [2.24, 2.45) is 5.16 Å². The third kappa shape index (κ3) is 5.91. The number of carbonyl (C=O) groups excluding carboxylic acids is 1. The predicted molar refractivity (Wildman–Crippen MR) is 128 cm³/mol. The van der Waals surface area contributed by atoms with E-state index < -0.39 is 18.2 Å². The van der Waals surface area contributed by atoms with E-state index in [9.17, 15) is 23.2 Å². The molecule has 11 heteroatoms. The van der Waals surface area contributed by atoms with Crippen molar-refractivity contribution >= 4 is 34.8 Å². The molecule has 190 valence electrons. The first kappa shape index (κ1) is 27.3. The molecule has 1 heterocycles. The van der Waals surface area contributed by atoms with Crippen LogP contribution in [0, 0.1) is 6.92 Å². The maximum atomic E-state index is 14.2. The molecule has 2 unspecified atom stereocenters. The molecule has 0 saturated heterocycles. The van der Waals surface area contributed by atoms with Gasteiger partial charge >= 0.3 is 6.18 Å². The van der Waals surface area contributed by atoms with Crippen LogP contribution in [0.5, 0.6) is 0 Å². The Morgan fingerprint density at radius 2 is 1.89 bits per heavy atom. The lowest BCUT2D eigenvalue weighted by atomic mass is 9.86. The van der Waals surface area contributed by atoms with E-state index in [1.807, 2.05) is 6.92 Å². The molecule has 2 aromatic rings. The van der Waals surface area contributed by atoms with Crippen LogP contribution in [0.15, 0.2) is 41.6 Å². The molecule has 2 atom stereocenters. The van der Waals surface area contributed by atoms with Gasteiger partial charge in [-0.3, -0.25) is 4.79 Å². The fourth-order valence-electron chi connectivity index (χ4n) is 3.87. The molecule has 2 aromatic carbocycles. The second-order valence-electron chi connectivity index (χ2n) is 8.40. The summed E-state index contributed by atoms with van der Waals surface area (Å²) in [4.78, 5) is 17.8. The lowest BCUT2D eigenvalue weighted by molar-refractivity contribution is -0.275. The molecule has 0 aliphatic carbocycles. The molecule has 1 amide bonds. The van der Waals surface area contributed by atoms with Crippen LogP contribution in [0.2, 0.25) is 10.0 Å². The number of benzene rings is 2. The van der Waals surface area contributed by atoms with E-state index >= 15 is 0 Å². The van der Waals surface area contributed by atoms with Crippen LogP contribution >= 0.6 is 23.2 Å². The fraction of sp³-hybridized carbons (Fsp3) is 0.417. The standard InChI is InChI=1S/C24H26Cl2F3N3O3/c1-4-19(13-32(34)5-2)30-22(33)20-7-6-15(8-14(20)3)21-12-23(35-31-21,24(27,28)29)16-9-17(25)11-18(26)10-16/h6-11,19,34H,4-5,12-13H2,1-3H3,(H,30,33). The van der Waals surface area contributed by atoms with Crippen LogP contribution in [0.4, 0.5) is 13.2 Å². The topological polar surface area (TPSA) is 74.2 Å². The van der Waals surface area contributed by atoms with Crippen LogP contribution < -0.4 is 5.32 Å². The number of hydrogen-bond acceptors (Lipinski definition) is 5. The van der Waals surface area contributed by atoms with Crippen molar-refractivity contribution in [3.8, 4) is 0 Å². The smallest absolute Gasteiger partial charge is 0.374 e. The van der Waals surface area contributed by atoms with Crippen molar-refractivity contribution in [2.75, 3.05) is 13.1 Å². The highest BCUT2D eigenvalue weighted by Crippen LogP contribution is 2.49. The van der Waals surface area contributed by atoms with Gasteiger partial charge in [0.05, 0.1) is 5.71 Å². The maximum Gasteiger partial charge on any atom is 0.435 e. The molecule has 35 heavy (non-hydrogen) atoms. The zero-order valence-corrected chi connectivity index (χ0v) is 20.9. The van der Waals surface area contributed by atoms with Crippen LogP contribution in [0.1, 0.15) is 53.7 Å². The highest BCUT2D eigenvalue weighted by Gasteiger charge is 2.62. The van der Waals surface area contributed by atoms with Gasteiger partial charge in [0.1, 0.15) is 0 Å². The lowest BCUT2D eigenvalue weighted by Gasteiger charge is -2.29. The van der Waals surface area contributed by atoms with E-state index in [1.165, 1.54) is 18.2 Å². The zero-order valence-electron chi connectivity index (χ0n) is 19.4. The second kappa shape index (κ2) is 10.7. The summed E-state index contributed by atoms with van der Waals surface area (Å²) in [6.07, 6.45) is -4.77. The van der Waals surface area contributed by atoms with Crippen molar-refractivity contribution in [1.82, 2.24) is 10.4 Å². The highest BCUT2D eigenvalue weighted by molar-refractivity contribution is 6.34. The molecule has 3 rings (SSSR count).